The topological polar surface area (TPSA) is 93.5 Å². The highest BCUT2D eigenvalue weighted by atomic mass is 32.2. The van der Waals surface area contributed by atoms with Gasteiger partial charge in [-0.3, -0.25) is 4.40 Å². The first kappa shape index (κ1) is 10.8. The quantitative estimate of drug-likeness (QED) is 0.765. The maximum absolute atomic E-state index is 10.7. The van der Waals surface area contributed by atoms with Crippen molar-refractivity contribution >= 4 is 23.4 Å². The zero-order chi connectivity index (χ0) is 12.5. The Morgan fingerprint density at radius 3 is 3.11 bits per heavy atom. The molecule has 3 rings (SSSR count). The number of hydrogen-bond donors (Lipinski definition) is 1. The van der Waals surface area contributed by atoms with Crippen LogP contribution in [0.2, 0.25) is 0 Å². The Bertz CT molecular complexity index is 721. The molecule has 8 heteroatoms. The zero-order valence-electron chi connectivity index (χ0n) is 8.85. The number of nitrogens with zero attached hydrogens (tertiary/aromatic N) is 4. The summed E-state index contributed by atoms with van der Waals surface area (Å²) in [7, 11) is 0. The fourth-order valence-electron chi connectivity index (χ4n) is 1.39. The van der Waals surface area contributed by atoms with Gasteiger partial charge in [0.25, 0.3) is 0 Å². The van der Waals surface area contributed by atoms with E-state index in [4.69, 9.17) is 9.52 Å². The second-order valence-electron chi connectivity index (χ2n) is 3.32. The maximum Gasteiger partial charge on any atom is 0.371 e. The summed E-state index contributed by atoms with van der Waals surface area (Å²) in [4.78, 5) is 14.9. The Hall–Kier alpha value is -2.35. The van der Waals surface area contributed by atoms with Gasteiger partial charge in [0.2, 0.25) is 5.76 Å². The van der Waals surface area contributed by atoms with Gasteiger partial charge in [-0.25, -0.2) is 9.78 Å². The van der Waals surface area contributed by atoms with E-state index in [1.165, 1.54) is 17.8 Å². The van der Waals surface area contributed by atoms with E-state index in [1.54, 1.807) is 29.2 Å². The SMILES string of the molecule is O=C(O)c1ccc(Sc2nccn3cnnc23)o1. The number of aromatic carboxylic acids is 1. The minimum Gasteiger partial charge on any atom is -0.475 e. The van der Waals surface area contributed by atoms with Gasteiger partial charge in [0.1, 0.15) is 11.4 Å². The van der Waals surface area contributed by atoms with Gasteiger partial charge in [-0.05, 0) is 23.9 Å². The molecule has 0 fully saturated rings. The largest absolute Gasteiger partial charge is 0.475 e. The molecule has 0 spiro atoms. The Labute approximate surface area is 104 Å². The van der Waals surface area contributed by atoms with E-state index in [9.17, 15) is 4.79 Å². The molecule has 0 unspecified atom stereocenters. The second-order valence-corrected chi connectivity index (χ2v) is 4.31. The molecule has 7 nitrogen and oxygen atoms in total. The minimum atomic E-state index is -1.10. The Morgan fingerprint density at radius 2 is 2.33 bits per heavy atom. The molecule has 0 saturated heterocycles. The monoisotopic (exact) mass is 262 g/mol. The summed E-state index contributed by atoms with van der Waals surface area (Å²) in [6.07, 6.45) is 4.90. The molecular weight excluding hydrogens is 256 g/mol. The molecule has 0 amide bonds. The van der Waals surface area contributed by atoms with Crippen LogP contribution >= 0.6 is 11.8 Å². The lowest BCUT2D eigenvalue weighted by atomic mass is 10.5. The second kappa shape index (κ2) is 4.15. The average Bonchev–Trinajstić information content (AvgIpc) is 2.97. The number of carboxylic acid groups (broad SMARTS) is 1. The van der Waals surface area contributed by atoms with Crippen molar-refractivity contribution in [2.75, 3.05) is 0 Å². The van der Waals surface area contributed by atoms with Crippen LogP contribution < -0.4 is 0 Å². The van der Waals surface area contributed by atoms with Gasteiger partial charge < -0.3 is 9.52 Å². The third-order valence-electron chi connectivity index (χ3n) is 2.17. The zero-order valence-corrected chi connectivity index (χ0v) is 9.66. The van der Waals surface area contributed by atoms with E-state index in [1.807, 2.05) is 0 Å². The minimum absolute atomic E-state index is 0.106. The molecule has 0 atom stereocenters. The summed E-state index contributed by atoms with van der Waals surface area (Å²) >= 11 is 1.20. The van der Waals surface area contributed by atoms with Crippen molar-refractivity contribution in [1.82, 2.24) is 19.6 Å². The van der Waals surface area contributed by atoms with Crippen LogP contribution in [-0.4, -0.2) is 30.7 Å². The average molecular weight is 262 g/mol. The van der Waals surface area contributed by atoms with Gasteiger partial charge in [0.05, 0.1) is 0 Å². The Kier molecular flexibility index (Phi) is 2.49. The van der Waals surface area contributed by atoms with Crippen molar-refractivity contribution in [1.29, 1.82) is 0 Å². The maximum atomic E-state index is 10.7. The number of furan rings is 1. The van der Waals surface area contributed by atoms with Crippen LogP contribution in [0.3, 0.4) is 0 Å². The highest BCUT2D eigenvalue weighted by Crippen LogP contribution is 2.29. The fraction of sp³-hybridized carbons (Fsp3) is 0. The van der Waals surface area contributed by atoms with Crippen LogP contribution in [0, 0.1) is 0 Å². The van der Waals surface area contributed by atoms with Crippen LogP contribution in [0.15, 0.2) is 45.4 Å². The van der Waals surface area contributed by atoms with Crippen molar-refractivity contribution in [3.05, 3.63) is 36.6 Å². The molecule has 0 aliphatic rings. The lowest BCUT2D eigenvalue weighted by molar-refractivity contribution is 0.0656. The predicted molar refractivity (Wildman–Crippen MR) is 60.6 cm³/mol. The molecule has 0 bridgehead atoms. The Morgan fingerprint density at radius 1 is 1.44 bits per heavy atom. The van der Waals surface area contributed by atoms with Crippen LogP contribution in [0.5, 0.6) is 0 Å². The van der Waals surface area contributed by atoms with Crippen molar-refractivity contribution in [3.8, 4) is 0 Å². The highest BCUT2D eigenvalue weighted by Gasteiger charge is 2.13. The van der Waals surface area contributed by atoms with Crippen molar-refractivity contribution in [2.45, 2.75) is 10.1 Å². The van der Waals surface area contributed by atoms with Crippen LogP contribution in [-0.2, 0) is 0 Å². The predicted octanol–water partition coefficient (Wildman–Crippen LogP) is 1.57. The first-order chi connectivity index (χ1) is 8.74. The first-order valence-corrected chi connectivity index (χ1v) is 5.71. The summed E-state index contributed by atoms with van der Waals surface area (Å²) in [5.41, 5.74) is 0.593. The summed E-state index contributed by atoms with van der Waals surface area (Å²) in [6, 6.07) is 2.98. The molecule has 18 heavy (non-hydrogen) atoms. The van der Waals surface area contributed by atoms with Crippen LogP contribution in [0.4, 0.5) is 0 Å². The number of hydrogen-bond acceptors (Lipinski definition) is 6. The lowest BCUT2D eigenvalue weighted by Crippen LogP contribution is -1.91. The Balaban J connectivity index is 1.96. The molecule has 0 aliphatic carbocycles. The molecule has 0 saturated carbocycles. The van der Waals surface area contributed by atoms with Crippen LogP contribution in [0.1, 0.15) is 10.6 Å². The summed E-state index contributed by atoms with van der Waals surface area (Å²) in [5.74, 6) is -1.21. The third kappa shape index (κ3) is 1.82. The number of aromatic nitrogens is 4. The molecule has 3 aromatic heterocycles. The molecule has 0 aliphatic heterocycles. The summed E-state index contributed by atoms with van der Waals surface area (Å²) in [5, 5.41) is 17.5. The molecular formula is C10H6N4O3S. The number of carboxylic acids is 1. The molecule has 0 aromatic carbocycles. The van der Waals surface area contributed by atoms with E-state index in [0.717, 1.165) is 0 Å². The van der Waals surface area contributed by atoms with Crippen LogP contribution in [0.25, 0.3) is 5.65 Å². The van der Waals surface area contributed by atoms with Gasteiger partial charge in [0, 0.05) is 12.4 Å². The van der Waals surface area contributed by atoms with E-state index in [2.05, 4.69) is 15.2 Å². The van der Waals surface area contributed by atoms with E-state index >= 15 is 0 Å². The molecule has 90 valence electrons. The number of carbonyl (C=O) groups is 1. The standard InChI is InChI=1S/C10H6N4O3S/c15-10(16)6-1-2-7(17-6)18-9-8-13-12-5-14(8)4-3-11-9/h1-5H,(H,15,16). The molecule has 3 heterocycles. The van der Waals surface area contributed by atoms with Gasteiger partial charge in [-0.2, -0.15) is 0 Å². The fourth-order valence-corrected chi connectivity index (χ4v) is 2.20. The lowest BCUT2D eigenvalue weighted by Gasteiger charge is -1.98. The van der Waals surface area contributed by atoms with Crippen molar-refractivity contribution in [3.63, 3.8) is 0 Å². The van der Waals surface area contributed by atoms with E-state index in [-0.39, 0.29) is 5.76 Å². The smallest absolute Gasteiger partial charge is 0.371 e. The molecule has 1 N–H and O–H groups in total. The van der Waals surface area contributed by atoms with E-state index in [0.29, 0.717) is 15.8 Å². The molecule has 0 radical (unpaired) electrons. The number of fused-ring (bicyclic) bond motifs is 1. The summed E-state index contributed by atoms with van der Waals surface area (Å²) < 4.78 is 6.86. The highest BCUT2D eigenvalue weighted by molar-refractivity contribution is 7.99. The van der Waals surface area contributed by atoms with Gasteiger partial charge in [0.15, 0.2) is 10.7 Å². The van der Waals surface area contributed by atoms with Gasteiger partial charge >= 0.3 is 5.97 Å². The van der Waals surface area contributed by atoms with Crippen molar-refractivity contribution in [2.24, 2.45) is 0 Å². The molecule has 3 aromatic rings. The van der Waals surface area contributed by atoms with Gasteiger partial charge in [-0.1, -0.05) is 0 Å². The number of rotatable bonds is 3. The van der Waals surface area contributed by atoms with Crippen molar-refractivity contribution < 1.29 is 14.3 Å². The normalized spacial score (nSPS) is 10.9. The third-order valence-corrected chi connectivity index (χ3v) is 3.07. The van der Waals surface area contributed by atoms with E-state index < -0.39 is 5.97 Å². The summed E-state index contributed by atoms with van der Waals surface area (Å²) in [6.45, 7) is 0. The van der Waals surface area contributed by atoms with Gasteiger partial charge in [-0.15, -0.1) is 10.2 Å². The first-order valence-electron chi connectivity index (χ1n) is 4.89.